The van der Waals surface area contributed by atoms with Crippen LogP contribution in [-0.4, -0.2) is 122 Å². The molecule has 0 aromatic heterocycles. The first-order chi connectivity index (χ1) is 29.2. The first kappa shape index (κ1) is 47.5. The number of nitrogens with zero attached hydrogens (tertiary/aromatic N) is 2. The highest BCUT2D eigenvalue weighted by Gasteiger charge is 2.68. The molecule has 8 rings (SSSR count). The molecule has 3 saturated carbocycles. The fraction of sp³-hybridized carbons (Fsp3) is 0.612. The second-order valence-corrected chi connectivity index (χ2v) is 18.7. The number of halogens is 1. The van der Waals surface area contributed by atoms with Crippen molar-refractivity contribution in [2.45, 2.75) is 89.8 Å². The summed E-state index contributed by atoms with van der Waals surface area (Å²) in [5, 5.41) is 31.7. The number of rotatable bonds is 11. The maximum absolute atomic E-state index is 13.1. The molecule has 12 nitrogen and oxygen atoms in total. The summed E-state index contributed by atoms with van der Waals surface area (Å²) >= 11 is 0. The van der Waals surface area contributed by atoms with E-state index in [0.29, 0.717) is 30.9 Å². The van der Waals surface area contributed by atoms with E-state index >= 15 is 0 Å². The van der Waals surface area contributed by atoms with Gasteiger partial charge in [-0.05, 0) is 135 Å². The summed E-state index contributed by atoms with van der Waals surface area (Å²) < 4.78 is 21.7. The Kier molecular flexibility index (Phi) is 14.9. The Bertz CT molecular complexity index is 2040. The highest BCUT2D eigenvalue weighted by molar-refractivity contribution is 6.01. The summed E-state index contributed by atoms with van der Waals surface area (Å²) in [6.07, 6.45) is 12.3. The van der Waals surface area contributed by atoms with Gasteiger partial charge in [0, 0.05) is 42.9 Å². The number of amides is 1. The number of hydrogen-bond donors (Lipinski definition) is 3. The van der Waals surface area contributed by atoms with Crippen molar-refractivity contribution in [3.05, 3.63) is 70.8 Å². The molecule has 62 heavy (non-hydrogen) atoms. The molecule has 1 amide bonds. The molecular formula is C49H67ClN2O10. The van der Waals surface area contributed by atoms with Crippen LogP contribution in [0.25, 0.3) is 0 Å². The van der Waals surface area contributed by atoms with E-state index < -0.39 is 29.5 Å². The number of ether oxygens (including phenoxy) is 4. The SMILES string of the molecule is COc1ccc(CCN2CCC[C@H](CN3CCc4cc(OC)c(OC)cc4CC3=O)C2)cc1OC.C[C@]12C=CC(=O)C=C1CC[C@@H]1[C@@H]2[C@@H](O)C[C@@]2(C)[C@H]1CC[C@]2(O)C(=O)CO.Cl. The Morgan fingerprint density at radius 1 is 0.887 bits per heavy atom. The van der Waals surface area contributed by atoms with Crippen molar-refractivity contribution in [1.29, 1.82) is 0 Å². The number of likely N-dealkylation sites (tertiary alicyclic amines) is 1. The molecule has 4 fully saturated rings. The standard InChI is InChI=1S/C28H38N2O5.C21H28O5.ClH/c1-32-24-8-7-20(14-25(24)33-2)9-12-29-11-5-6-21(18-29)19-30-13-10-22-15-26(34-3)27(35-4)16-23(22)17-28(30)31;1-19-7-5-13(23)9-12(19)3-4-14-15-6-8-21(26,17(25)11-22)20(15,2)10-16(24)18(14)19;/h7-8,14-16,21H,5-6,9-13,17-19H2,1-4H3;5,7,9,14-16,18,22,24,26H,3-4,6,8,10-11H2,1-2H3;1H/t21-;14-,15-,16-,18+,19-,20-,21-;/m00./s1. The van der Waals surface area contributed by atoms with Crippen LogP contribution in [0.2, 0.25) is 0 Å². The Morgan fingerprint density at radius 3 is 2.27 bits per heavy atom. The number of hydrogen-bond acceptors (Lipinski definition) is 11. The lowest BCUT2D eigenvalue weighted by Gasteiger charge is -2.59. The van der Waals surface area contributed by atoms with Crippen LogP contribution in [0, 0.1) is 34.5 Å². The van der Waals surface area contributed by atoms with Gasteiger partial charge in [0.15, 0.2) is 34.6 Å². The lowest BCUT2D eigenvalue weighted by Crippen LogP contribution is -2.61. The van der Waals surface area contributed by atoms with Crippen LogP contribution in [0.1, 0.15) is 75.5 Å². The number of methoxy groups -OCH3 is 4. The summed E-state index contributed by atoms with van der Waals surface area (Å²) in [4.78, 5) is 41.9. The Labute approximate surface area is 373 Å². The molecule has 6 aliphatic rings. The van der Waals surface area contributed by atoms with E-state index in [1.807, 2.05) is 31.2 Å². The maximum atomic E-state index is 13.1. The number of carbonyl (C=O) groups is 3. The van der Waals surface area contributed by atoms with Gasteiger partial charge in [-0.3, -0.25) is 14.4 Å². The third-order valence-corrected chi connectivity index (χ3v) is 15.6. The van der Waals surface area contributed by atoms with Crippen molar-refractivity contribution in [3.63, 3.8) is 0 Å². The summed E-state index contributed by atoms with van der Waals surface area (Å²) in [5.41, 5.74) is 1.94. The summed E-state index contributed by atoms with van der Waals surface area (Å²) in [7, 11) is 6.62. The zero-order chi connectivity index (χ0) is 43.7. The molecule has 0 bridgehead atoms. The van der Waals surface area contributed by atoms with Crippen LogP contribution >= 0.6 is 12.4 Å². The van der Waals surface area contributed by atoms with Gasteiger partial charge in [-0.25, -0.2) is 0 Å². The number of aliphatic hydroxyl groups is 3. The monoisotopic (exact) mass is 878 g/mol. The quantitative estimate of drug-likeness (QED) is 0.259. The molecule has 8 atom stereocenters. The van der Waals surface area contributed by atoms with E-state index in [9.17, 15) is 29.7 Å². The van der Waals surface area contributed by atoms with Crippen molar-refractivity contribution >= 4 is 29.9 Å². The lowest BCUT2D eigenvalue weighted by atomic mass is 9.46. The lowest BCUT2D eigenvalue weighted by molar-refractivity contribution is -0.178. The minimum atomic E-state index is -1.56. The predicted molar refractivity (Wildman–Crippen MR) is 238 cm³/mol. The zero-order valence-electron chi connectivity index (χ0n) is 37.3. The normalized spacial score (nSPS) is 31.4. The molecule has 2 aromatic rings. The third kappa shape index (κ3) is 8.92. The molecule has 0 spiro atoms. The fourth-order valence-electron chi connectivity index (χ4n) is 12.3. The average Bonchev–Trinajstić information content (AvgIpc) is 3.44. The summed E-state index contributed by atoms with van der Waals surface area (Å²) in [5.74, 6) is 3.43. The average molecular weight is 880 g/mol. The molecule has 3 N–H and O–H groups in total. The number of carbonyl (C=O) groups excluding carboxylic acids is 3. The molecule has 340 valence electrons. The summed E-state index contributed by atoms with van der Waals surface area (Å²) in [6, 6.07) is 10.1. The van der Waals surface area contributed by atoms with Gasteiger partial charge in [0.25, 0.3) is 0 Å². The molecule has 4 aliphatic carbocycles. The van der Waals surface area contributed by atoms with Crippen LogP contribution in [0.3, 0.4) is 0 Å². The topological polar surface area (TPSA) is 155 Å². The van der Waals surface area contributed by atoms with Crippen LogP contribution in [-0.2, 0) is 33.6 Å². The van der Waals surface area contributed by atoms with Crippen LogP contribution in [0.15, 0.2) is 54.1 Å². The number of ketones is 2. The molecule has 2 aromatic carbocycles. The molecule has 2 aliphatic heterocycles. The Balaban J connectivity index is 0.000000212. The van der Waals surface area contributed by atoms with Crippen LogP contribution in [0.4, 0.5) is 0 Å². The third-order valence-electron chi connectivity index (χ3n) is 15.6. The van der Waals surface area contributed by atoms with Crippen molar-refractivity contribution < 1.29 is 48.7 Å². The minimum Gasteiger partial charge on any atom is -0.493 e. The maximum Gasteiger partial charge on any atom is 0.227 e. The first-order valence-corrected chi connectivity index (χ1v) is 22.2. The number of piperidine rings is 1. The van der Waals surface area contributed by atoms with Crippen molar-refractivity contribution in [2.75, 3.05) is 67.8 Å². The second kappa shape index (κ2) is 19.4. The van der Waals surface area contributed by atoms with Gasteiger partial charge in [-0.2, -0.15) is 0 Å². The number of aliphatic hydroxyl groups excluding tert-OH is 2. The van der Waals surface area contributed by atoms with Gasteiger partial charge in [0.05, 0.1) is 41.0 Å². The molecule has 0 unspecified atom stereocenters. The van der Waals surface area contributed by atoms with E-state index in [1.165, 1.54) is 24.0 Å². The zero-order valence-corrected chi connectivity index (χ0v) is 38.1. The molecule has 1 saturated heterocycles. The summed E-state index contributed by atoms with van der Waals surface area (Å²) in [6.45, 7) is 8.07. The molecule has 2 heterocycles. The van der Waals surface area contributed by atoms with Crippen LogP contribution in [0.5, 0.6) is 23.0 Å². The smallest absolute Gasteiger partial charge is 0.227 e. The van der Waals surface area contributed by atoms with Crippen LogP contribution < -0.4 is 18.9 Å². The van der Waals surface area contributed by atoms with Crippen molar-refractivity contribution in [1.82, 2.24) is 9.80 Å². The van der Waals surface area contributed by atoms with Gasteiger partial charge in [-0.15, -0.1) is 12.4 Å². The highest BCUT2D eigenvalue weighted by Crippen LogP contribution is 2.67. The van der Waals surface area contributed by atoms with Gasteiger partial charge in [0.2, 0.25) is 5.91 Å². The number of benzene rings is 2. The van der Waals surface area contributed by atoms with E-state index in [-0.39, 0.29) is 47.3 Å². The van der Waals surface area contributed by atoms with Gasteiger partial charge in [0.1, 0.15) is 12.2 Å². The number of fused-ring (bicyclic) bond motifs is 6. The van der Waals surface area contributed by atoms with Gasteiger partial charge < -0.3 is 44.1 Å². The number of Topliss-reactive ketones (excluding diaryl/α,β-unsaturated/α-hetero) is 1. The van der Waals surface area contributed by atoms with Gasteiger partial charge >= 0.3 is 0 Å². The largest absolute Gasteiger partial charge is 0.493 e. The van der Waals surface area contributed by atoms with E-state index in [0.717, 1.165) is 93.2 Å². The van der Waals surface area contributed by atoms with E-state index in [4.69, 9.17) is 18.9 Å². The molecule has 13 heteroatoms. The molecule has 0 radical (unpaired) electrons. The van der Waals surface area contributed by atoms with Crippen molar-refractivity contribution in [3.8, 4) is 23.0 Å². The Hall–Kier alpha value is -3.94. The fourth-order valence-corrected chi connectivity index (χ4v) is 12.3. The van der Waals surface area contributed by atoms with E-state index in [1.54, 1.807) is 40.6 Å². The van der Waals surface area contributed by atoms with Crippen molar-refractivity contribution in [2.24, 2.45) is 34.5 Å². The highest BCUT2D eigenvalue weighted by atomic mass is 35.5. The number of allylic oxidation sites excluding steroid dienone is 4. The Morgan fingerprint density at radius 2 is 1.58 bits per heavy atom. The van der Waals surface area contributed by atoms with Gasteiger partial charge in [-0.1, -0.05) is 31.6 Å². The predicted octanol–water partition coefficient (Wildman–Crippen LogP) is 5.58. The van der Waals surface area contributed by atoms with E-state index in [2.05, 4.69) is 28.9 Å². The molecular weight excluding hydrogens is 812 g/mol. The second-order valence-electron chi connectivity index (χ2n) is 18.7. The first-order valence-electron chi connectivity index (χ1n) is 22.2. The minimum absolute atomic E-state index is 0.